The van der Waals surface area contributed by atoms with Gasteiger partial charge < -0.3 is 26.2 Å². The molecular formula is C27H39N7O4. The van der Waals surface area contributed by atoms with E-state index in [1.54, 1.807) is 34.1 Å². The number of hydrogen-bond acceptors (Lipinski definition) is 7. The van der Waals surface area contributed by atoms with Gasteiger partial charge in [0.2, 0.25) is 0 Å². The van der Waals surface area contributed by atoms with Crippen LogP contribution in [-0.4, -0.2) is 89.2 Å². The van der Waals surface area contributed by atoms with Gasteiger partial charge in [0.25, 0.3) is 23.6 Å². The van der Waals surface area contributed by atoms with Gasteiger partial charge in [-0.1, -0.05) is 19.1 Å². The first-order valence-corrected chi connectivity index (χ1v) is 12.9. The maximum absolute atomic E-state index is 12.8. The fraction of sp³-hybridized carbons (Fsp3) is 0.481. The van der Waals surface area contributed by atoms with Crippen molar-refractivity contribution in [3.63, 3.8) is 0 Å². The number of amides is 4. The van der Waals surface area contributed by atoms with E-state index >= 15 is 0 Å². The average Bonchev–Trinajstić information content (AvgIpc) is 2.95. The first kappa shape index (κ1) is 30.4. The molecule has 2 aromatic rings. The maximum atomic E-state index is 12.8. The number of pyridine rings is 2. The van der Waals surface area contributed by atoms with Crippen LogP contribution in [0.2, 0.25) is 0 Å². The molecule has 4 amide bonds. The molecule has 0 saturated carbocycles. The smallest absolute Gasteiger partial charge is 0.272 e. The van der Waals surface area contributed by atoms with Gasteiger partial charge in [-0.3, -0.25) is 19.2 Å². The zero-order valence-electron chi connectivity index (χ0n) is 22.9. The molecule has 0 unspecified atom stereocenters. The Balaban J connectivity index is 2.03. The lowest BCUT2D eigenvalue weighted by atomic mass is 9.90. The Labute approximate surface area is 224 Å². The molecule has 4 N–H and O–H groups in total. The van der Waals surface area contributed by atoms with Gasteiger partial charge in [0.15, 0.2) is 0 Å². The predicted molar refractivity (Wildman–Crippen MR) is 145 cm³/mol. The van der Waals surface area contributed by atoms with Crippen LogP contribution in [0.1, 0.15) is 76.6 Å². The van der Waals surface area contributed by atoms with Crippen molar-refractivity contribution in [2.24, 2.45) is 11.1 Å². The van der Waals surface area contributed by atoms with Crippen molar-refractivity contribution in [2.45, 2.75) is 34.6 Å². The molecule has 0 aromatic carbocycles. The zero-order valence-corrected chi connectivity index (χ0v) is 22.9. The fourth-order valence-corrected chi connectivity index (χ4v) is 3.68. The van der Waals surface area contributed by atoms with Crippen molar-refractivity contribution >= 4 is 23.6 Å². The summed E-state index contributed by atoms with van der Waals surface area (Å²) in [5.41, 5.74) is 5.94. The van der Waals surface area contributed by atoms with Gasteiger partial charge in [0.1, 0.15) is 22.8 Å². The summed E-state index contributed by atoms with van der Waals surface area (Å²) < 4.78 is 0. The first-order valence-electron chi connectivity index (χ1n) is 12.9. The molecule has 0 aliphatic heterocycles. The molecule has 0 saturated heterocycles. The summed E-state index contributed by atoms with van der Waals surface area (Å²) in [5.74, 6) is -1.38. The lowest BCUT2D eigenvalue weighted by Gasteiger charge is -2.28. The first-order chi connectivity index (χ1) is 18.1. The molecule has 11 nitrogen and oxygen atoms in total. The highest BCUT2D eigenvalue weighted by Gasteiger charge is 2.26. The summed E-state index contributed by atoms with van der Waals surface area (Å²) >= 11 is 0. The van der Waals surface area contributed by atoms with Crippen LogP contribution in [0.15, 0.2) is 36.4 Å². The lowest BCUT2D eigenvalue weighted by Crippen LogP contribution is -2.48. The molecule has 2 rings (SSSR count). The topological polar surface area (TPSA) is 151 Å². The highest BCUT2D eigenvalue weighted by Crippen LogP contribution is 2.13. The molecule has 0 fully saturated rings. The van der Waals surface area contributed by atoms with Crippen molar-refractivity contribution < 1.29 is 19.2 Å². The van der Waals surface area contributed by atoms with Crippen molar-refractivity contribution in [3.8, 4) is 0 Å². The van der Waals surface area contributed by atoms with Gasteiger partial charge in [-0.2, -0.15) is 0 Å². The molecule has 0 atom stereocenters. The van der Waals surface area contributed by atoms with Crippen molar-refractivity contribution in [1.29, 1.82) is 0 Å². The lowest BCUT2D eigenvalue weighted by molar-refractivity contribution is 0.0758. The average molecular weight is 526 g/mol. The van der Waals surface area contributed by atoms with E-state index in [0.29, 0.717) is 26.2 Å². The van der Waals surface area contributed by atoms with Crippen LogP contribution in [0.4, 0.5) is 0 Å². The van der Waals surface area contributed by atoms with Crippen LogP contribution >= 0.6 is 0 Å². The number of nitrogens with two attached hydrogens (primary N) is 1. The van der Waals surface area contributed by atoms with Gasteiger partial charge >= 0.3 is 0 Å². The Morgan fingerprint density at radius 3 is 1.37 bits per heavy atom. The Morgan fingerprint density at radius 2 is 1.05 bits per heavy atom. The summed E-state index contributed by atoms with van der Waals surface area (Å²) in [7, 11) is 0. The molecule has 0 aliphatic rings. The summed E-state index contributed by atoms with van der Waals surface area (Å²) in [4.78, 5) is 62.5. The van der Waals surface area contributed by atoms with E-state index in [2.05, 4.69) is 20.6 Å². The predicted octanol–water partition coefficient (Wildman–Crippen LogP) is 1.57. The highest BCUT2D eigenvalue weighted by atomic mass is 16.2. The van der Waals surface area contributed by atoms with Crippen molar-refractivity contribution in [1.82, 2.24) is 30.4 Å². The van der Waals surface area contributed by atoms with E-state index in [-0.39, 0.29) is 54.2 Å². The minimum atomic E-state index is -0.672. The van der Waals surface area contributed by atoms with Crippen LogP contribution in [-0.2, 0) is 0 Å². The van der Waals surface area contributed by atoms with Crippen molar-refractivity contribution in [2.75, 3.05) is 45.8 Å². The molecule has 0 spiro atoms. The summed E-state index contributed by atoms with van der Waals surface area (Å²) in [6, 6.07) is 9.47. The van der Waals surface area contributed by atoms with Gasteiger partial charge in [0.05, 0.1) is 0 Å². The SMILES string of the molecule is CCN(CC)C(=O)c1cccc(C(=O)NCC(C)(CN)CNC(=O)c2cccc(C(=O)N(CC)CC)n2)n1. The number of carbonyl (C=O) groups excluding carboxylic acids is 4. The molecular weight excluding hydrogens is 486 g/mol. The number of carbonyl (C=O) groups is 4. The Morgan fingerprint density at radius 1 is 0.711 bits per heavy atom. The number of rotatable bonds is 13. The van der Waals surface area contributed by atoms with E-state index in [1.807, 2.05) is 34.6 Å². The third kappa shape index (κ3) is 7.82. The molecule has 11 heteroatoms. The molecule has 0 radical (unpaired) electrons. The highest BCUT2D eigenvalue weighted by molar-refractivity contribution is 5.97. The van der Waals surface area contributed by atoms with E-state index < -0.39 is 17.2 Å². The molecule has 0 aliphatic carbocycles. The van der Waals surface area contributed by atoms with E-state index in [1.165, 1.54) is 12.1 Å². The summed E-state index contributed by atoms with van der Waals surface area (Å²) in [6.07, 6.45) is 0. The molecule has 2 aromatic heterocycles. The summed E-state index contributed by atoms with van der Waals surface area (Å²) in [6.45, 7) is 12.0. The molecule has 38 heavy (non-hydrogen) atoms. The Hall–Kier alpha value is -3.86. The number of nitrogens with one attached hydrogen (secondary N) is 2. The monoisotopic (exact) mass is 525 g/mol. The normalized spacial score (nSPS) is 11.0. The van der Waals surface area contributed by atoms with E-state index in [4.69, 9.17) is 5.73 Å². The van der Waals surface area contributed by atoms with E-state index in [0.717, 1.165) is 0 Å². The van der Waals surface area contributed by atoms with E-state index in [9.17, 15) is 19.2 Å². The van der Waals surface area contributed by atoms with Gasteiger partial charge in [-0.05, 0) is 52.0 Å². The molecule has 206 valence electrons. The van der Waals surface area contributed by atoms with Crippen LogP contribution in [0, 0.1) is 5.41 Å². The second-order valence-corrected chi connectivity index (χ2v) is 9.15. The number of aromatic nitrogens is 2. The largest absolute Gasteiger partial charge is 0.350 e. The second-order valence-electron chi connectivity index (χ2n) is 9.15. The minimum absolute atomic E-state index is 0.116. The van der Waals surface area contributed by atoms with Gasteiger partial charge in [-0.15, -0.1) is 0 Å². The second kappa shape index (κ2) is 14.2. The Kier molecular flexibility index (Phi) is 11.3. The molecule has 0 bridgehead atoms. The quantitative estimate of drug-likeness (QED) is 0.359. The zero-order chi connectivity index (χ0) is 28.3. The Bertz CT molecular complexity index is 1050. The van der Waals surface area contributed by atoms with Crippen LogP contribution in [0.25, 0.3) is 0 Å². The fourth-order valence-electron chi connectivity index (χ4n) is 3.68. The number of nitrogens with zero attached hydrogens (tertiary/aromatic N) is 4. The van der Waals surface area contributed by atoms with Crippen LogP contribution < -0.4 is 16.4 Å². The van der Waals surface area contributed by atoms with Crippen LogP contribution in [0.5, 0.6) is 0 Å². The number of hydrogen-bond donors (Lipinski definition) is 3. The van der Waals surface area contributed by atoms with Gasteiger partial charge in [-0.25, -0.2) is 9.97 Å². The van der Waals surface area contributed by atoms with Crippen molar-refractivity contribution in [3.05, 3.63) is 59.2 Å². The maximum Gasteiger partial charge on any atom is 0.272 e. The molecule has 2 heterocycles. The summed E-state index contributed by atoms with van der Waals surface area (Å²) in [5, 5.41) is 5.61. The standard InChI is InChI=1S/C27H39N7O4/c1-6-33(7-2)25(37)21-14-10-12-19(31-21)23(35)29-17-27(5,16-28)18-30-24(36)20-13-11-15-22(32-20)26(38)34(8-3)9-4/h10-15H,6-9,16-18,28H2,1-5H3,(H,29,35)(H,30,36). The van der Waals surface area contributed by atoms with Gasteiger partial charge in [0, 0.05) is 51.2 Å². The third-order valence-corrected chi connectivity index (χ3v) is 6.35. The van der Waals surface area contributed by atoms with Crippen LogP contribution in [0.3, 0.4) is 0 Å². The minimum Gasteiger partial charge on any atom is -0.350 e. The third-order valence-electron chi connectivity index (χ3n) is 6.35.